The molecular formula is C17H15N3O4S2. The van der Waals surface area contributed by atoms with E-state index in [1.807, 2.05) is 6.07 Å². The van der Waals surface area contributed by atoms with Crippen LogP contribution in [0.1, 0.15) is 34.3 Å². The van der Waals surface area contributed by atoms with Gasteiger partial charge in [0.25, 0.3) is 10.0 Å². The molecule has 2 N–H and O–H groups in total. The van der Waals surface area contributed by atoms with Crippen molar-refractivity contribution in [1.82, 2.24) is 8.75 Å². The number of sulfonamides is 1. The Hall–Kier alpha value is -2.52. The Morgan fingerprint density at radius 2 is 1.92 bits per heavy atom. The van der Waals surface area contributed by atoms with Gasteiger partial charge in [0.1, 0.15) is 15.9 Å². The first-order valence-corrected chi connectivity index (χ1v) is 10.3. The summed E-state index contributed by atoms with van der Waals surface area (Å²) in [6.45, 7) is 0. The van der Waals surface area contributed by atoms with E-state index >= 15 is 0 Å². The molecule has 0 bridgehead atoms. The number of aryl methyl sites for hydroxylation is 1. The average molecular weight is 389 g/mol. The van der Waals surface area contributed by atoms with Crippen molar-refractivity contribution in [2.45, 2.75) is 30.6 Å². The summed E-state index contributed by atoms with van der Waals surface area (Å²) >= 11 is 0.930. The van der Waals surface area contributed by atoms with Crippen LogP contribution in [0.15, 0.2) is 35.2 Å². The maximum atomic E-state index is 12.9. The van der Waals surface area contributed by atoms with E-state index in [-0.39, 0.29) is 21.7 Å². The first-order valence-electron chi connectivity index (χ1n) is 8.09. The molecule has 9 heteroatoms. The van der Waals surface area contributed by atoms with Crippen LogP contribution in [-0.2, 0) is 22.9 Å². The predicted octanol–water partition coefficient (Wildman–Crippen LogP) is 3.07. The number of aromatic carboxylic acids is 1. The van der Waals surface area contributed by atoms with Gasteiger partial charge in [-0.05, 0) is 55.0 Å². The second-order valence-corrected chi connectivity index (χ2v) is 8.31. The molecule has 1 aliphatic rings. The number of nitrogens with one attached hydrogen (secondary N) is 1. The lowest BCUT2D eigenvalue weighted by Crippen LogP contribution is -2.19. The minimum atomic E-state index is -4.00. The van der Waals surface area contributed by atoms with Gasteiger partial charge in [0.2, 0.25) is 0 Å². The predicted molar refractivity (Wildman–Crippen MR) is 98.3 cm³/mol. The summed E-state index contributed by atoms with van der Waals surface area (Å²) in [4.78, 5) is 11.8. The molecule has 4 rings (SSSR count). The van der Waals surface area contributed by atoms with Gasteiger partial charge in [-0.25, -0.2) is 13.2 Å². The van der Waals surface area contributed by atoms with Crippen molar-refractivity contribution in [2.75, 3.05) is 4.72 Å². The van der Waals surface area contributed by atoms with E-state index in [9.17, 15) is 18.3 Å². The lowest BCUT2D eigenvalue weighted by molar-refractivity contribution is 0.0696. The van der Waals surface area contributed by atoms with Crippen LogP contribution in [0.2, 0.25) is 0 Å². The summed E-state index contributed by atoms with van der Waals surface area (Å²) in [5.74, 6) is -1.13. The number of hydrogen-bond donors (Lipinski definition) is 2. The Morgan fingerprint density at radius 3 is 2.73 bits per heavy atom. The van der Waals surface area contributed by atoms with Gasteiger partial charge in [-0.2, -0.15) is 8.75 Å². The topological polar surface area (TPSA) is 109 Å². The lowest BCUT2D eigenvalue weighted by Gasteiger charge is -2.20. The zero-order valence-corrected chi connectivity index (χ0v) is 15.2. The number of fused-ring (bicyclic) bond motifs is 2. The van der Waals surface area contributed by atoms with E-state index in [4.69, 9.17) is 0 Å². The quantitative estimate of drug-likeness (QED) is 0.710. The largest absolute Gasteiger partial charge is 0.478 e. The Labute approximate surface area is 154 Å². The minimum absolute atomic E-state index is 0.0159. The summed E-state index contributed by atoms with van der Waals surface area (Å²) in [6, 6.07) is 8.04. The molecule has 26 heavy (non-hydrogen) atoms. The van der Waals surface area contributed by atoms with Gasteiger partial charge in [0.05, 0.1) is 23.0 Å². The number of hydrogen-bond acceptors (Lipinski definition) is 6. The van der Waals surface area contributed by atoms with Crippen molar-refractivity contribution in [3.8, 4) is 0 Å². The fourth-order valence-corrected chi connectivity index (χ4v) is 5.19. The normalized spacial score (nSPS) is 14.2. The van der Waals surface area contributed by atoms with Gasteiger partial charge >= 0.3 is 5.97 Å². The Morgan fingerprint density at radius 1 is 1.12 bits per heavy atom. The smallest absolute Gasteiger partial charge is 0.338 e. The van der Waals surface area contributed by atoms with Crippen LogP contribution in [0.25, 0.3) is 11.0 Å². The zero-order chi connectivity index (χ0) is 18.3. The number of carbonyl (C=O) groups is 1. The van der Waals surface area contributed by atoms with E-state index in [0.29, 0.717) is 11.9 Å². The maximum Gasteiger partial charge on any atom is 0.338 e. The number of carboxylic acid groups (broad SMARTS) is 1. The third kappa shape index (κ3) is 2.82. The number of rotatable bonds is 4. The molecule has 0 amide bonds. The van der Waals surface area contributed by atoms with Gasteiger partial charge in [0, 0.05) is 0 Å². The minimum Gasteiger partial charge on any atom is -0.478 e. The van der Waals surface area contributed by atoms with Crippen LogP contribution in [0.5, 0.6) is 0 Å². The van der Waals surface area contributed by atoms with E-state index < -0.39 is 16.0 Å². The van der Waals surface area contributed by atoms with Crippen LogP contribution in [-0.4, -0.2) is 28.2 Å². The molecule has 0 saturated heterocycles. The highest BCUT2D eigenvalue weighted by atomic mass is 32.2. The number of carboxylic acids is 1. The molecule has 0 saturated carbocycles. The molecule has 1 aliphatic carbocycles. The summed E-state index contributed by atoms with van der Waals surface area (Å²) < 4.78 is 36.3. The van der Waals surface area contributed by atoms with Crippen molar-refractivity contribution >= 4 is 44.4 Å². The van der Waals surface area contributed by atoms with Crippen molar-refractivity contribution in [2.24, 2.45) is 0 Å². The van der Waals surface area contributed by atoms with E-state index in [0.717, 1.165) is 42.1 Å². The van der Waals surface area contributed by atoms with Crippen molar-refractivity contribution in [3.63, 3.8) is 0 Å². The average Bonchev–Trinajstić information content (AvgIpc) is 3.09. The second-order valence-electron chi connectivity index (χ2n) is 6.13. The van der Waals surface area contributed by atoms with Gasteiger partial charge < -0.3 is 5.11 Å². The highest BCUT2D eigenvalue weighted by Crippen LogP contribution is 2.32. The molecule has 0 atom stereocenters. The first kappa shape index (κ1) is 16.9. The van der Waals surface area contributed by atoms with Gasteiger partial charge in [-0.15, -0.1) is 0 Å². The molecule has 0 spiro atoms. The van der Waals surface area contributed by atoms with Crippen molar-refractivity contribution in [3.05, 3.63) is 47.0 Å². The van der Waals surface area contributed by atoms with Gasteiger partial charge in [-0.1, -0.05) is 12.1 Å². The monoisotopic (exact) mass is 389 g/mol. The first-order chi connectivity index (χ1) is 12.5. The molecule has 0 aliphatic heterocycles. The molecule has 0 unspecified atom stereocenters. The highest BCUT2D eigenvalue weighted by Gasteiger charge is 2.26. The Balaban J connectivity index is 1.82. The van der Waals surface area contributed by atoms with Crippen LogP contribution >= 0.6 is 11.7 Å². The summed E-state index contributed by atoms with van der Waals surface area (Å²) in [5, 5.41) is 9.67. The summed E-state index contributed by atoms with van der Waals surface area (Å²) in [6.07, 6.45) is 3.35. The van der Waals surface area contributed by atoms with E-state index in [1.54, 1.807) is 12.1 Å². The zero-order valence-electron chi connectivity index (χ0n) is 13.6. The molecule has 134 valence electrons. The van der Waals surface area contributed by atoms with Crippen LogP contribution in [0.3, 0.4) is 0 Å². The molecule has 1 aromatic heterocycles. The fourth-order valence-electron chi connectivity index (χ4n) is 3.36. The Bertz CT molecular complexity index is 1120. The summed E-state index contributed by atoms with van der Waals surface area (Å²) in [5.41, 5.74) is 2.58. The molecule has 1 heterocycles. The number of nitrogens with zero attached hydrogens (tertiary/aromatic N) is 2. The fraction of sp³-hybridized carbons (Fsp3) is 0.235. The Kier molecular flexibility index (Phi) is 4.12. The SMILES string of the molecule is O=C(O)c1c(NS(=O)(=O)c2cccc3nsnc23)ccc2c1CCCC2. The number of benzene rings is 2. The summed E-state index contributed by atoms with van der Waals surface area (Å²) in [7, 11) is -4.00. The third-order valence-electron chi connectivity index (χ3n) is 4.53. The van der Waals surface area contributed by atoms with Crippen LogP contribution in [0.4, 0.5) is 5.69 Å². The standard InChI is InChI=1S/C17H15N3O4S2/c21-17(22)15-11-5-2-1-4-10(11)8-9-12(15)20-26(23,24)14-7-3-6-13-16(14)19-25-18-13/h3,6-9,20H,1-2,4-5H2,(H,21,22). The molecular weight excluding hydrogens is 374 g/mol. The van der Waals surface area contributed by atoms with Crippen LogP contribution < -0.4 is 4.72 Å². The van der Waals surface area contributed by atoms with Crippen molar-refractivity contribution in [1.29, 1.82) is 0 Å². The van der Waals surface area contributed by atoms with Gasteiger partial charge in [0.15, 0.2) is 0 Å². The molecule has 7 nitrogen and oxygen atoms in total. The maximum absolute atomic E-state index is 12.9. The van der Waals surface area contributed by atoms with E-state index in [2.05, 4.69) is 13.5 Å². The van der Waals surface area contributed by atoms with Gasteiger partial charge in [-0.3, -0.25) is 4.72 Å². The molecule has 3 aromatic rings. The van der Waals surface area contributed by atoms with Crippen LogP contribution in [0, 0.1) is 0 Å². The molecule has 0 radical (unpaired) electrons. The highest BCUT2D eigenvalue weighted by molar-refractivity contribution is 7.93. The van der Waals surface area contributed by atoms with Crippen molar-refractivity contribution < 1.29 is 18.3 Å². The number of aromatic nitrogens is 2. The number of anilines is 1. The van der Waals surface area contributed by atoms with E-state index in [1.165, 1.54) is 12.1 Å². The third-order valence-corrected chi connectivity index (χ3v) is 6.47. The lowest BCUT2D eigenvalue weighted by atomic mass is 9.87. The molecule has 2 aromatic carbocycles. The second kappa shape index (κ2) is 6.33. The molecule has 0 fully saturated rings.